The van der Waals surface area contributed by atoms with Gasteiger partial charge in [0.25, 0.3) is 0 Å². The molecule has 0 aromatic rings. The molecule has 0 spiro atoms. The lowest BCUT2D eigenvalue weighted by molar-refractivity contribution is -0.131. The Labute approximate surface area is 79.1 Å². The highest BCUT2D eigenvalue weighted by atomic mass is 16.2. The van der Waals surface area contributed by atoms with Gasteiger partial charge >= 0.3 is 0 Å². The molecule has 1 atom stereocenters. The van der Waals surface area contributed by atoms with Crippen molar-refractivity contribution in [2.75, 3.05) is 13.1 Å². The Kier molecular flexibility index (Phi) is 3.46. The Morgan fingerprint density at radius 3 is 2.77 bits per heavy atom. The van der Waals surface area contributed by atoms with Gasteiger partial charge in [-0.3, -0.25) is 4.79 Å². The van der Waals surface area contributed by atoms with Crippen LogP contribution in [0.1, 0.15) is 33.1 Å². The first kappa shape index (κ1) is 10.2. The highest BCUT2D eigenvalue weighted by Crippen LogP contribution is 2.22. The third-order valence-electron chi connectivity index (χ3n) is 2.63. The van der Waals surface area contributed by atoms with Gasteiger partial charge in [0.1, 0.15) is 5.78 Å². The molecule has 0 saturated carbocycles. The molecule has 3 heteroatoms. The van der Waals surface area contributed by atoms with Crippen LogP contribution in [0.15, 0.2) is 0 Å². The minimum atomic E-state index is 0.115. The third kappa shape index (κ3) is 2.54. The average molecular weight is 183 g/mol. The maximum atomic E-state index is 11.6. The van der Waals surface area contributed by atoms with Crippen LogP contribution in [-0.2, 0) is 9.59 Å². The van der Waals surface area contributed by atoms with Crippen LogP contribution >= 0.6 is 0 Å². The lowest BCUT2D eigenvalue weighted by Crippen LogP contribution is -2.27. The molecule has 0 bridgehead atoms. The Hall–Kier alpha value is -0.860. The van der Waals surface area contributed by atoms with Crippen molar-refractivity contribution in [3.63, 3.8) is 0 Å². The maximum Gasteiger partial charge on any atom is 0.225 e. The van der Waals surface area contributed by atoms with E-state index >= 15 is 0 Å². The van der Waals surface area contributed by atoms with Crippen LogP contribution in [0, 0.1) is 5.92 Å². The van der Waals surface area contributed by atoms with E-state index in [1.165, 1.54) is 0 Å². The van der Waals surface area contributed by atoms with Crippen molar-refractivity contribution in [1.82, 2.24) is 4.90 Å². The molecule has 1 unspecified atom stereocenters. The van der Waals surface area contributed by atoms with Gasteiger partial charge in [-0.25, -0.2) is 0 Å². The van der Waals surface area contributed by atoms with Crippen LogP contribution in [0.5, 0.6) is 0 Å². The number of Topliss-reactive ketones (excluding diaryl/α,β-unsaturated/α-hetero) is 1. The smallest absolute Gasteiger partial charge is 0.225 e. The molecule has 1 fully saturated rings. The van der Waals surface area contributed by atoms with Crippen molar-refractivity contribution in [3.05, 3.63) is 0 Å². The molecule has 0 aliphatic carbocycles. The molecular weight excluding hydrogens is 166 g/mol. The summed E-state index contributed by atoms with van der Waals surface area (Å²) < 4.78 is 0. The summed E-state index contributed by atoms with van der Waals surface area (Å²) in [6, 6.07) is 0. The number of carbonyl (C=O) groups excluding carboxylic acids is 2. The molecule has 0 N–H and O–H groups in total. The summed E-state index contributed by atoms with van der Waals surface area (Å²) in [5.74, 6) is 0.537. The van der Waals surface area contributed by atoms with Crippen molar-refractivity contribution in [1.29, 1.82) is 0 Å². The van der Waals surface area contributed by atoms with Crippen LogP contribution in [0.3, 0.4) is 0 Å². The molecule has 1 aliphatic rings. The number of hydrogen-bond donors (Lipinski definition) is 0. The summed E-state index contributed by atoms with van der Waals surface area (Å²) in [5, 5.41) is 0. The molecule has 74 valence electrons. The zero-order chi connectivity index (χ0) is 9.84. The van der Waals surface area contributed by atoms with E-state index in [-0.39, 0.29) is 17.6 Å². The van der Waals surface area contributed by atoms with Crippen LogP contribution in [0.2, 0.25) is 0 Å². The first-order valence-electron chi connectivity index (χ1n) is 4.93. The molecule has 0 aromatic carbocycles. The largest absolute Gasteiger partial charge is 0.343 e. The Balaban J connectivity index is 2.37. The molecule has 1 rings (SSSR count). The van der Waals surface area contributed by atoms with Gasteiger partial charge in [-0.05, 0) is 26.7 Å². The van der Waals surface area contributed by atoms with Crippen LogP contribution in [-0.4, -0.2) is 29.7 Å². The van der Waals surface area contributed by atoms with Crippen molar-refractivity contribution in [3.8, 4) is 0 Å². The number of likely N-dealkylation sites (tertiary alicyclic amines) is 1. The topological polar surface area (TPSA) is 37.4 Å². The lowest BCUT2D eigenvalue weighted by Gasteiger charge is -2.13. The quantitative estimate of drug-likeness (QED) is 0.657. The Bertz CT molecular complexity index is 213. The Morgan fingerprint density at radius 2 is 2.31 bits per heavy atom. The number of amides is 1. The number of rotatable bonds is 4. The molecule has 1 amide bonds. The molecule has 1 aliphatic heterocycles. The van der Waals surface area contributed by atoms with E-state index in [9.17, 15) is 9.59 Å². The highest BCUT2D eigenvalue weighted by Gasteiger charge is 2.29. The summed E-state index contributed by atoms with van der Waals surface area (Å²) in [4.78, 5) is 24.2. The predicted molar refractivity (Wildman–Crippen MR) is 50.3 cm³/mol. The standard InChI is InChI=1S/C10H17NO2/c1-3-11-7-6-9(10(11)13)5-4-8(2)12/h9H,3-7H2,1-2H3. The zero-order valence-corrected chi connectivity index (χ0v) is 8.38. The second kappa shape index (κ2) is 4.40. The minimum Gasteiger partial charge on any atom is -0.343 e. The van der Waals surface area contributed by atoms with Gasteiger partial charge in [0.15, 0.2) is 0 Å². The summed E-state index contributed by atoms with van der Waals surface area (Å²) in [6.45, 7) is 5.25. The maximum absolute atomic E-state index is 11.6. The van der Waals surface area contributed by atoms with E-state index in [0.29, 0.717) is 6.42 Å². The second-order valence-electron chi connectivity index (χ2n) is 3.64. The van der Waals surface area contributed by atoms with Crippen molar-refractivity contribution in [2.45, 2.75) is 33.1 Å². The summed E-state index contributed by atoms with van der Waals surface area (Å²) in [7, 11) is 0. The molecular formula is C10H17NO2. The summed E-state index contributed by atoms with van der Waals surface area (Å²) >= 11 is 0. The van der Waals surface area contributed by atoms with Crippen molar-refractivity contribution >= 4 is 11.7 Å². The number of nitrogens with zero attached hydrogens (tertiary/aromatic N) is 1. The zero-order valence-electron chi connectivity index (χ0n) is 8.38. The summed E-state index contributed by atoms with van der Waals surface area (Å²) in [5.41, 5.74) is 0. The molecule has 1 heterocycles. The van der Waals surface area contributed by atoms with Gasteiger partial charge in [0, 0.05) is 25.4 Å². The fourth-order valence-electron chi connectivity index (χ4n) is 1.76. The molecule has 0 aromatic heterocycles. The number of ketones is 1. The second-order valence-corrected chi connectivity index (χ2v) is 3.64. The monoisotopic (exact) mass is 183 g/mol. The number of carbonyl (C=O) groups is 2. The predicted octanol–water partition coefficient (Wildman–Crippen LogP) is 1.22. The van der Waals surface area contributed by atoms with Gasteiger partial charge in [-0.1, -0.05) is 0 Å². The van der Waals surface area contributed by atoms with E-state index in [2.05, 4.69) is 0 Å². The highest BCUT2D eigenvalue weighted by molar-refractivity contribution is 5.82. The van der Waals surface area contributed by atoms with Gasteiger partial charge in [0.05, 0.1) is 0 Å². The molecule has 0 radical (unpaired) electrons. The molecule has 13 heavy (non-hydrogen) atoms. The van der Waals surface area contributed by atoms with Crippen molar-refractivity contribution in [2.24, 2.45) is 5.92 Å². The van der Waals surface area contributed by atoms with E-state index in [4.69, 9.17) is 0 Å². The lowest BCUT2D eigenvalue weighted by atomic mass is 10.0. The number of hydrogen-bond acceptors (Lipinski definition) is 2. The first-order chi connectivity index (χ1) is 6.15. The van der Waals surface area contributed by atoms with Gasteiger partial charge in [0.2, 0.25) is 5.91 Å². The normalized spacial score (nSPS) is 22.5. The molecule has 1 saturated heterocycles. The van der Waals surface area contributed by atoms with E-state index in [0.717, 1.165) is 25.9 Å². The summed E-state index contributed by atoms with van der Waals surface area (Å²) in [6.07, 6.45) is 2.22. The van der Waals surface area contributed by atoms with Gasteiger partial charge in [-0.2, -0.15) is 0 Å². The minimum absolute atomic E-state index is 0.115. The first-order valence-corrected chi connectivity index (χ1v) is 4.93. The van der Waals surface area contributed by atoms with E-state index in [1.807, 2.05) is 11.8 Å². The van der Waals surface area contributed by atoms with Gasteiger partial charge in [-0.15, -0.1) is 0 Å². The fourth-order valence-corrected chi connectivity index (χ4v) is 1.76. The van der Waals surface area contributed by atoms with Gasteiger partial charge < -0.3 is 9.69 Å². The molecule has 3 nitrogen and oxygen atoms in total. The van der Waals surface area contributed by atoms with E-state index < -0.39 is 0 Å². The average Bonchev–Trinajstić information content (AvgIpc) is 2.43. The Morgan fingerprint density at radius 1 is 1.62 bits per heavy atom. The van der Waals surface area contributed by atoms with Crippen molar-refractivity contribution < 1.29 is 9.59 Å². The van der Waals surface area contributed by atoms with Crippen LogP contribution in [0.25, 0.3) is 0 Å². The van der Waals surface area contributed by atoms with Crippen LogP contribution in [0.4, 0.5) is 0 Å². The van der Waals surface area contributed by atoms with Crippen LogP contribution < -0.4 is 0 Å². The SMILES string of the molecule is CCN1CCC(CCC(C)=O)C1=O. The fraction of sp³-hybridized carbons (Fsp3) is 0.800. The van der Waals surface area contributed by atoms with E-state index in [1.54, 1.807) is 6.92 Å². The third-order valence-corrected chi connectivity index (χ3v) is 2.63.